The molecule has 2 N–H and O–H groups in total. The maximum absolute atomic E-state index is 13.1. The highest BCUT2D eigenvalue weighted by molar-refractivity contribution is 6.46. The second-order valence-electron chi connectivity index (χ2n) is 8.54. The van der Waals surface area contributed by atoms with E-state index in [0.717, 1.165) is 0 Å². The molecule has 0 aromatic heterocycles. The van der Waals surface area contributed by atoms with Crippen LogP contribution in [0.5, 0.6) is 17.2 Å². The minimum Gasteiger partial charge on any atom is -0.507 e. The van der Waals surface area contributed by atoms with Crippen LogP contribution in [0.25, 0.3) is 5.76 Å². The molecule has 2 aromatic rings. The van der Waals surface area contributed by atoms with Crippen molar-refractivity contribution < 1.29 is 34.0 Å². The van der Waals surface area contributed by atoms with Gasteiger partial charge in [0.05, 0.1) is 37.5 Å². The minimum atomic E-state index is -0.915. The smallest absolute Gasteiger partial charge is 0.295 e. The summed E-state index contributed by atoms with van der Waals surface area (Å²) in [6, 6.07) is 10.4. The Balaban J connectivity index is 2.11. The molecule has 0 radical (unpaired) electrons. The molecule has 182 valence electrons. The Bertz CT molecular complexity index is 1090. The number of nitrogens with zero attached hydrogens (tertiary/aromatic N) is 1. The Morgan fingerprint density at radius 1 is 1.06 bits per heavy atom. The van der Waals surface area contributed by atoms with Crippen LogP contribution in [0.2, 0.25) is 0 Å². The van der Waals surface area contributed by atoms with E-state index in [0.29, 0.717) is 16.9 Å². The number of phenolic OH excluding ortho intramolecular Hbond substituents is 1. The molecule has 3 rings (SSSR count). The normalized spacial score (nSPS) is 17.6. The molecule has 1 heterocycles. The zero-order chi connectivity index (χ0) is 25.0. The fourth-order valence-electron chi connectivity index (χ4n) is 3.87. The number of ether oxygens (including phenoxy) is 3. The average molecular weight is 470 g/mol. The second kappa shape index (κ2) is 10.6. The molecule has 0 aliphatic carbocycles. The number of aromatic hydroxyl groups is 1. The van der Waals surface area contributed by atoms with Crippen molar-refractivity contribution in [3.05, 3.63) is 59.2 Å². The number of ketones is 1. The monoisotopic (exact) mass is 469 g/mol. The minimum absolute atomic E-state index is 0.0519. The molecule has 1 fully saturated rings. The highest BCUT2D eigenvalue weighted by atomic mass is 16.5. The van der Waals surface area contributed by atoms with Crippen molar-refractivity contribution in [2.45, 2.75) is 45.9 Å². The number of aliphatic hydroxyl groups is 1. The summed E-state index contributed by atoms with van der Waals surface area (Å²) < 4.78 is 16.4. The van der Waals surface area contributed by atoms with Gasteiger partial charge in [-0.3, -0.25) is 9.59 Å². The molecule has 1 amide bonds. The van der Waals surface area contributed by atoms with E-state index in [4.69, 9.17) is 14.2 Å². The molecule has 8 heteroatoms. The number of rotatable bonds is 9. The van der Waals surface area contributed by atoms with Crippen molar-refractivity contribution >= 4 is 17.4 Å². The summed E-state index contributed by atoms with van der Waals surface area (Å²) in [6.45, 7) is 7.86. The molecule has 1 aliphatic heterocycles. The van der Waals surface area contributed by atoms with Gasteiger partial charge in [0.15, 0.2) is 11.5 Å². The molecule has 1 unspecified atom stereocenters. The first-order valence-corrected chi connectivity index (χ1v) is 11.2. The van der Waals surface area contributed by atoms with Crippen LogP contribution in [0.1, 0.15) is 44.9 Å². The number of carbonyl (C=O) groups is 2. The third kappa shape index (κ3) is 5.34. The van der Waals surface area contributed by atoms with Gasteiger partial charge in [-0.1, -0.05) is 18.2 Å². The maximum atomic E-state index is 13.1. The van der Waals surface area contributed by atoms with Crippen molar-refractivity contribution in [3.8, 4) is 17.2 Å². The van der Waals surface area contributed by atoms with Crippen LogP contribution in [0.4, 0.5) is 0 Å². The van der Waals surface area contributed by atoms with E-state index in [1.54, 1.807) is 36.4 Å². The maximum Gasteiger partial charge on any atom is 0.295 e. The van der Waals surface area contributed by atoms with Crippen molar-refractivity contribution in [1.82, 2.24) is 4.90 Å². The van der Waals surface area contributed by atoms with Crippen LogP contribution in [-0.4, -0.2) is 59.3 Å². The van der Waals surface area contributed by atoms with Gasteiger partial charge in [0.1, 0.15) is 11.5 Å². The van der Waals surface area contributed by atoms with Crippen LogP contribution >= 0.6 is 0 Å². The lowest BCUT2D eigenvalue weighted by molar-refractivity contribution is -0.140. The van der Waals surface area contributed by atoms with E-state index in [-0.39, 0.29) is 48.2 Å². The number of aliphatic hydroxyl groups excluding tert-OH is 1. The third-order valence-corrected chi connectivity index (χ3v) is 5.32. The summed E-state index contributed by atoms with van der Waals surface area (Å²) in [6.07, 6.45) is -0.129. The zero-order valence-corrected chi connectivity index (χ0v) is 20.1. The van der Waals surface area contributed by atoms with Gasteiger partial charge < -0.3 is 29.3 Å². The molecular formula is C26H31NO7. The summed E-state index contributed by atoms with van der Waals surface area (Å²) in [5.41, 5.74) is 0.733. The van der Waals surface area contributed by atoms with Crippen LogP contribution in [-0.2, 0) is 14.3 Å². The zero-order valence-electron chi connectivity index (χ0n) is 20.1. The number of amides is 1. The standard InChI is InChI=1S/C26H31NO7/c1-15(2)33-12-11-27-23(17-9-10-21(32-5)20(28)14-17)22(25(30)26(27)31)24(29)18-7-6-8-19(13-18)34-16(3)4/h6-10,13-16,23,28-29H,11-12H2,1-5H3/b24-22-. The second-order valence-corrected chi connectivity index (χ2v) is 8.54. The first kappa shape index (κ1) is 25.1. The quantitative estimate of drug-likeness (QED) is 0.324. The topological polar surface area (TPSA) is 106 Å². The number of hydrogen-bond donors (Lipinski definition) is 2. The molecule has 1 saturated heterocycles. The van der Waals surface area contributed by atoms with E-state index in [2.05, 4.69) is 0 Å². The molecule has 34 heavy (non-hydrogen) atoms. The van der Waals surface area contributed by atoms with E-state index in [1.807, 2.05) is 27.7 Å². The number of likely N-dealkylation sites (tertiary alicyclic amines) is 1. The number of methoxy groups -OCH3 is 1. The summed E-state index contributed by atoms with van der Waals surface area (Å²) >= 11 is 0. The lowest BCUT2D eigenvalue weighted by atomic mass is 9.95. The number of hydrogen-bond acceptors (Lipinski definition) is 7. The Morgan fingerprint density at radius 2 is 1.79 bits per heavy atom. The van der Waals surface area contributed by atoms with Gasteiger partial charge in [0, 0.05) is 12.1 Å². The lowest BCUT2D eigenvalue weighted by Gasteiger charge is -2.26. The fraction of sp³-hybridized carbons (Fsp3) is 0.385. The summed E-state index contributed by atoms with van der Waals surface area (Å²) in [4.78, 5) is 27.5. The largest absolute Gasteiger partial charge is 0.507 e. The van der Waals surface area contributed by atoms with Crippen molar-refractivity contribution in [1.29, 1.82) is 0 Å². The van der Waals surface area contributed by atoms with E-state index in [9.17, 15) is 19.8 Å². The van der Waals surface area contributed by atoms with Gasteiger partial charge in [-0.2, -0.15) is 0 Å². The first-order valence-electron chi connectivity index (χ1n) is 11.2. The Labute approximate surface area is 199 Å². The molecule has 1 atom stereocenters. The predicted octanol–water partition coefficient (Wildman–Crippen LogP) is 4.03. The Morgan fingerprint density at radius 3 is 2.41 bits per heavy atom. The molecule has 0 spiro atoms. The predicted molar refractivity (Wildman–Crippen MR) is 127 cm³/mol. The van der Waals surface area contributed by atoms with E-state index < -0.39 is 17.7 Å². The number of phenols is 1. The van der Waals surface area contributed by atoms with Gasteiger partial charge in [-0.05, 0) is 57.5 Å². The van der Waals surface area contributed by atoms with Gasteiger partial charge in [0.2, 0.25) is 0 Å². The molecule has 0 bridgehead atoms. The average Bonchev–Trinajstić information content (AvgIpc) is 3.03. The summed E-state index contributed by atoms with van der Waals surface area (Å²) in [7, 11) is 1.43. The van der Waals surface area contributed by atoms with E-state index >= 15 is 0 Å². The Hall–Kier alpha value is -3.52. The van der Waals surface area contributed by atoms with Crippen molar-refractivity contribution in [2.75, 3.05) is 20.3 Å². The van der Waals surface area contributed by atoms with Crippen LogP contribution in [0.15, 0.2) is 48.0 Å². The van der Waals surface area contributed by atoms with Gasteiger partial charge >= 0.3 is 0 Å². The molecule has 1 aliphatic rings. The van der Waals surface area contributed by atoms with Crippen LogP contribution < -0.4 is 9.47 Å². The lowest BCUT2D eigenvalue weighted by Crippen LogP contribution is -2.33. The number of benzene rings is 2. The SMILES string of the molecule is COc1ccc(C2/C(=C(/O)c3cccc(OC(C)C)c3)C(=O)C(=O)N2CCOC(C)C)cc1O. The summed E-state index contributed by atoms with van der Waals surface area (Å²) in [5.74, 6) is -1.24. The van der Waals surface area contributed by atoms with Gasteiger partial charge in [-0.25, -0.2) is 0 Å². The highest BCUT2D eigenvalue weighted by Crippen LogP contribution is 2.41. The number of carbonyl (C=O) groups excluding carboxylic acids is 2. The third-order valence-electron chi connectivity index (χ3n) is 5.32. The van der Waals surface area contributed by atoms with Gasteiger partial charge in [-0.15, -0.1) is 0 Å². The molecule has 2 aromatic carbocycles. The fourth-order valence-corrected chi connectivity index (χ4v) is 3.87. The van der Waals surface area contributed by atoms with Crippen LogP contribution in [0, 0.1) is 0 Å². The van der Waals surface area contributed by atoms with Crippen LogP contribution in [0.3, 0.4) is 0 Å². The number of Topliss-reactive ketones (excluding diaryl/α,β-unsaturated/α-hetero) is 1. The molecule has 8 nitrogen and oxygen atoms in total. The first-order chi connectivity index (χ1) is 16.1. The molecular weight excluding hydrogens is 438 g/mol. The summed E-state index contributed by atoms with van der Waals surface area (Å²) in [5, 5.41) is 21.6. The van der Waals surface area contributed by atoms with E-state index in [1.165, 1.54) is 18.1 Å². The van der Waals surface area contributed by atoms with Crippen molar-refractivity contribution in [2.24, 2.45) is 0 Å². The highest BCUT2D eigenvalue weighted by Gasteiger charge is 2.46. The molecule has 0 saturated carbocycles. The van der Waals surface area contributed by atoms with Gasteiger partial charge in [0.25, 0.3) is 11.7 Å². The van der Waals surface area contributed by atoms with Crippen molar-refractivity contribution in [3.63, 3.8) is 0 Å². The Kier molecular flexibility index (Phi) is 7.83.